The third-order valence-electron chi connectivity index (χ3n) is 4.69. The monoisotopic (exact) mass is 252 g/mol. The predicted molar refractivity (Wildman–Crippen MR) is 74.4 cm³/mol. The lowest BCUT2D eigenvalue weighted by Crippen LogP contribution is -2.39. The first-order chi connectivity index (χ1) is 8.72. The number of hydrogen-bond acceptors (Lipinski definition) is 2. The first kappa shape index (κ1) is 13.9. The van der Waals surface area contributed by atoms with Crippen LogP contribution in [-0.4, -0.2) is 37.0 Å². The molecule has 2 aliphatic rings. The number of rotatable bonds is 3. The molecule has 2 heterocycles. The van der Waals surface area contributed by atoms with Crippen molar-refractivity contribution >= 4 is 5.91 Å². The van der Waals surface area contributed by atoms with E-state index in [0.717, 1.165) is 32.1 Å². The zero-order chi connectivity index (χ0) is 13.0. The molecule has 3 nitrogen and oxygen atoms in total. The largest absolute Gasteiger partial charge is 0.342 e. The summed E-state index contributed by atoms with van der Waals surface area (Å²) >= 11 is 0. The van der Waals surface area contributed by atoms with Gasteiger partial charge >= 0.3 is 0 Å². The van der Waals surface area contributed by atoms with Crippen molar-refractivity contribution in [3.05, 3.63) is 0 Å². The van der Waals surface area contributed by atoms with Crippen LogP contribution in [-0.2, 0) is 4.79 Å². The molecule has 1 N–H and O–H groups in total. The Morgan fingerprint density at radius 1 is 1.28 bits per heavy atom. The number of carbonyl (C=O) groups excluding carboxylic acids is 1. The summed E-state index contributed by atoms with van der Waals surface area (Å²) in [4.78, 5) is 14.7. The number of nitrogens with one attached hydrogen (secondary N) is 1. The molecule has 0 aromatic carbocycles. The van der Waals surface area contributed by atoms with Crippen molar-refractivity contribution in [3.8, 4) is 0 Å². The second kappa shape index (κ2) is 6.55. The molecular weight excluding hydrogens is 224 g/mol. The van der Waals surface area contributed by atoms with Crippen LogP contribution in [0.25, 0.3) is 0 Å². The Morgan fingerprint density at radius 2 is 2.11 bits per heavy atom. The summed E-state index contributed by atoms with van der Waals surface area (Å²) in [5.74, 6) is 2.00. The van der Waals surface area contributed by atoms with Crippen LogP contribution in [0.15, 0.2) is 0 Å². The summed E-state index contributed by atoms with van der Waals surface area (Å²) < 4.78 is 0. The van der Waals surface area contributed by atoms with E-state index in [1.165, 1.54) is 32.1 Å². The van der Waals surface area contributed by atoms with Gasteiger partial charge in [-0.25, -0.2) is 0 Å². The van der Waals surface area contributed by atoms with Crippen LogP contribution in [0.2, 0.25) is 0 Å². The van der Waals surface area contributed by atoms with Gasteiger partial charge in [-0.1, -0.05) is 26.7 Å². The number of hydrogen-bond donors (Lipinski definition) is 1. The molecule has 2 rings (SSSR count). The SMILES string of the molecule is CCCC1CCCN(C(=O)C2CNCC2C)CC1. The fourth-order valence-corrected chi connectivity index (χ4v) is 3.46. The normalized spacial score (nSPS) is 33.4. The lowest BCUT2D eigenvalue weighted by atomic mass is 9.95. The second-order valence-corrected chi connectivity index (χ2v) is 6.15. The van der Waals surface area contributed by atoms with Crippen LogP contribution in [0, 0.1) is 17.8 Å². The highest BCUT2D eigenvalue weighted by Crippen LogP contribution is 2.25. The molecule has 0 spiro atoms. The molecule has 18 heavy (non-hydrogen) atoms. The van der Waals surface area contributed by atoms with Crippen molar-refractivity contribution in [1.82, 2.24) is 10.2 Å². The van der Waals surface area contributed by atoms with Gasteiger partial charge in [0.15, 0.2) is 0 Å². The first-order valence-corrected chi connectivity index (χ1v) is 7.72. The van der Waals surface area contributed by atoms with E-state index in [9.17, 15) is 4.79 Å². The van der Waals surface area contributed by atoms with E-state index in [0.29, 0.717) is 11.8 Å². The first-order valence-electron chi connectivity index (χ1n) is 7.72. The highest BCUT2D eigenvalue weighted by atomic mass is 16.2. The zero-order valence-electron chi connectivity index (χ0n) is 12.0. The smallest absolute Gasteiger partial charge is 0.227 e. The molecule has 0 aromatic heterocycles. The van der Waals surface area contributed by atoms with Gasteiger partial charge in [0.1, 0.15) is 0 Å². The van der Waals surface area contributed by atoms with Gasteiger partial charge in [0, 0.05) is 19.6 Å². The maximum absolute atomic E-state index is 12.5. The standard InChI is InChI=1S/C15H28N2O/c1-3-5-13-6-4-8-17(9-7-13)15(18)14-11-16-10-12(14)2/h12-14,16H,3-11H2,1-2H3. The maximum atomic E-state index is 12.5. The molecule has 0 aromatic rings. The molecule has 0 saturated carbocycles. The van der Waals surface area contributed by atoms with E-state index >= 15 is 0 Å². The van der Waals surface area contributed by atoms with Crippen LogP contribution in [0.5, 0.6) is 0 Å². The average molecular weight is 252 g/mol. The van der Waals surface area contributed by atoms with Gasteiger partial charge in [0.05, 0.1) is 5.92 Å². The third-order valence-corrected chi connectivity index (χ3v) is 4.69. The van der Waals surface area contributed by atoms with Crippen molar-refractivity contribution < 1.29 is 4.79 Å². The molecule has 2 aliphatic heterocycles. The highest BCUT2D eigenvalue weighted by Gasteiger charge is 2.33. The number of nitrogens with zero attached hydrogens (tertiary/aromatic N) is 1. The Bertz CT molecular complexity index is 280. The van der Waals surface area contributed by atoms with Gasteiger partial charge in [0.25, 0.3) is 0 Å². The quantitative estimate of drug-likeness (QED) is 0.835. The molecule has 1 amide bonds. The molecule has 2 fully saturated rings. The van der Waals surface area contributed by atoms with Gasteiger partial charge < -0.3 is 10.2 Å². The van der Waals surface area contributed by atoms with Gasteiger partial charge in [-0.05, 0) is 37.6 Å². The van der Waals surface area contributed by atoms with Crippen molar-refractivity contribution in [2.75, 3.05) is 26.2 Å². The fraction of sp³-hybridized carbons (Fsp3) is 0.933. The Balaban J connectivity index is 1.87. The molecule has 0 radical (unpaired) electrons. The summed E-state index contributed by atoms with van der Waals surface area (Å²) in [5, 5.41) is 3.34. The Hall–Kier alpha value is -0.570. The van der Waals surface area contributed by atoms with Crippen LogP contribution >= 0.6 is 0 Å². The van der Waals surface area contributed by atoms with Crippen molar-refractivity contribution in [1.29, 1.82) is 0 Å². The minimum absolute atomic E-state index is 0.229. The van der Waals surface area contributed by atoms with Gasteiger partial charge in [0.2, 0.25) is 5.91 Å². The highest BCUT2D eigenvalue weighted by molar-refractivity contribution is 5.79. The molecule has 3 heteroatoms. The molecule has 3 unspecified atom stereocenters. The Morgan fingerprint density at radius 3 is 2.78 bits per heavy atom. The third kappa shape index (κ3) is 3.25. The lowest BCUT2D eigenvalue weighted by Gasteiger charge is -2.25. The Labute approximate surface area is 111 Å². The van der Waals surface area contributed by atoms with E-state index in [1.807, 2.05) is 0 Å². The molecule has 0 aliphatic carbocycles. The predicted octanol–water partition coefficient (Wildman–Crippen LogP) is 2.27. The summed E-state index contributed by atoms with van der Waals surface area (Å²) in [6.45, 7) is 8.33. The van der Waals surface area contributed by atoms with Crippen LogP contribution in [0.3, 0.4) is 0 Å². The molecule has 3 atom stereocenters. The molecule has 0 bridgehead atoms. The van der Waals surface area contributed by atoms with Crippen molar-refractivity contribution in [3.63, 3.8) is 0 Å². The topological polar surface area (TPSA) is 32.3 Å². The second-order valence-electron chi connectivity index (χ2n) is 6.15. The van der Waals surface area contributed by atoms with Crippen LogP contribution < -0.4 is 5.32 Å². The van der Waals surface area contributed by atoms with Crippen LogP contribution in [0.1, 0.15) is 46.0 Å². The summed E-state index contributed by atoms with van der Waals surface area (Å²) in [6.07, 6.45) is 6.35. The van der Waals surface area contributed by atoms with E-state index in [4.69, 9.17) is 0 Å². The average Bonchev–Trinajstić information content (AvgIpc) is 2.64. The van der Waals surface area contributed by atoms with Crippen molar-refractivity contribution in [2.24, 2.45) is 17.8 Å². The minimum Gasteiger partial charge on any atom is -0.342 e. The number of amides is 1. The number of likely N-dealkylation sites (tertiary alicyclic amines) is 1. The van der Waals surface area contributed by atoms with Crippen LogP contribution in [0.4, 0.5) is 0 Å². The van der Waals surface area contributed by atoms with E-state index in [-0.39, 0.29) is 5.92 Å². The van der Waals surface area contributed by atoms with E-state index in [2.05, 4.69) is 24.1 Å². The summed E-state index contributed by atoms with van der Waals surface area (Å²) in [6, 6.07) is 0. The molecule has 104 valence electrons. The van der Waals surface area contributed by atoms with E-state index in [1.54, 1.807) is 0 Å². The van der Waals surface area contributed by atoms with Gasteiger partial charge in [-0.15, -0.1) is 0 Å². The van der Waals surface area contributed by atoms with Gasteiger partial charge in [-0.2, -0.15) is 0 Å². The zero-order valence-corrected chi connectivity index (χ0v) is 12.0. The summed E-state index contributed by atoms with van der Waals surface area (Å²) in [7, 11) is 0. The summed E-state index contributed by atoms with van der Waals surface area (Å²) in [5.41, 5.74) is 0. The molecular formula is C15H28N2O. The van der Waals surface area contributed by atoms with E-state index < -0.39 is 0 Å². The fourth-order valence-electron chi connectivity index (χ4n) is 3.46. The van der Waals surface area contributed by atoms with Crippen molar-refractivity contribution in [2.45, 2.75) is 46.0 Å². The molecule has 2 saturated heterocycles. The van der Waals surface area contributed by atoms with Gasteiger partial charge in [-0.3, -0.25) is 4.79 Å². The number of carbonyl (C=O) groups is 1. The lowest BCUT2D eigenvalue weighted by molar-refractivity contribution is -0.135. The minimum atomic E-state index is 0.229. The maximum Gasteiger partial charge on any atom is 0.227 e. The Kier molecular flexibility index (Phi) is 5.04.